The molecule has 0 saturated carbocycles. The number of hydrogen-bond donors (Lipinski definition) is 2. The largest absolute Gasteiger partial charge is 0.346 e. The van der Waals surface area contributed by atoms with Gasteiger partial charge in [0, 0.05) is 42.7 Å². The van der Waals surface area contributed by atoms with Crippen LogP contribution in [0.5, 0.6) is 0 Å². The number of hydrogen-bond acceptors (Lipinski definition) is 4. The van der Waals surface area contributed by atoms with Crippen molar-refractivity contribution in [3.05, 3.63) is 113 Å². The maximum atomic E-state index is 14.3. The van der Waals surface area contributed by atoms with E-state index >= 15 is 0 Å². The average molecular weight is 627 g/mol. The molecule has 2 unspecified atom stereocenters. The van der Waals surface area contributed by atoms with Crippen LogP contribution in [0.15, 0.2) is 91.0 Å². The maximum Gasteiger partial charge on any atom is 0.244 e. The number of amides is 2. The van der Waals surface area contributed by atoms with E-state index in [1.54, 1.807) is 12.2 Å². The van der Waals surface area contributed by atoms with E-state index in [-0.39, 0.29) is 29.8 Å². The summed E-state index contributed by atoms with van der Waals surface area (Å²) in [6.45, 7) is 8.42. The summed E-state index contributed by atoms with van der Waals surface area (Å²) >= 11 is 6.01. The highest BCUT2D eigenvalue weighted by atomic mass is 35.5. The van der Waals surface area contributed by atoms with Gasteiger partial charge in [-0.15, -0.1) is 0 Å². The summed E-state index contributed by atoms with van der Waals surface area (Å²) in [6.07, 6.45) is 8.57. The molecule has 2 fully saturated rings. The minimum Gasteiger partial charge on any atom is -0.346 e. The molecule has 0 spiro atoms. The summed E-state index contributed by atoms with van der Waals surface area (Å²) in [6, 6.07) is 28.0. The van der Waals surface area contributed by atoms with E-state index in [9.17, 15) is 9.59 Å². The van der Waals surface area contributed by atoms with Crippen LogP contribution in [0.3, 0.4) is 0 Å². The van der Waals surface area contributed by atoms with Gasteiger partial charge in [-0.25, -0.2) is 0 Å². The summed E-state index contributed by atoms with van der Waals surface area (Å²) in [5.74, 6) is 0.0553. The van der Waals surface area contributed by atoms with Crippen molar-refractivity contribution in [2.75, 3.05) is 32.7 Å². The number of nitrogens with zero attached hydrogens (tertiary/aromatic N) is 2. The Bertz CT molecular complexity index is 1370. The lowest BCUT2D eigenvalue weighted by molar-refractivity contribution is -0.133. The Balaban J connectivity index is 1.34. The minimum absolute atomic E-state index is 0.0707. The van der Waals surface area contributed by atoms with Gasteiger partial charge in [0.05, 0.1) is 11.6 Å². The van der Waals surface area contributed by atoms with E-state index in [1.807, 2.05) is 36.4 Å². The van der Waals surface area contributed by atoms with E-state index in [0.29, 0.717) is 18.1 Å². The molecule has 2 heterocycles. The van der Waals surface area contributed by atoms with Crippen molar-refractivity contribution in [2.45, 2.75) is 69.5 Å². The fourth-order valence-corrected chi connectivity index (χ4v) is 6.78. The first-order chi connectivity index (χ1) is 21.8. The van der Waals surface area contributed by atoms with Crippen molar-refractivity contribution in [1.82, 2.24) is 20.4 Å². The molecule has 3 aromatic carbocycles. The van der Waals surface area contributed by atoms with Crippen molar-refractivity contribution < 1.29 is 9.59 Å². The Morgan fingerprint density at radius 1 is 0.933 bits per heavy atom. The number of likely N-dealkylation sites (tertiary alicyclic amines) is 1. The molecule has 2 amide bonds. The van der Waals surface area contributed by atoms with Gasteiger partial charge in [0.2, 0.25) is 11.8 Å². The average Bonchev–Trinajstić information content (AvgIpc) is 3.22. The van der Waals surface area contributed by atoms with Crippen molar-refractivity contribution >= 4 is 29.5 Å². The van der Waals surface area contributed by atoms with E-state index in [4.69, 9.17) is 11.6 Å². The van der Waals surface area contributed by atoms with Crippen LogP contribution in [0, 0.1) is 0 Å². The summed E-state index contributed by atoms with van der Waals surface area (Å²) in [4.78, 5) is 32.0. The van der Waals surface area contributed by atoms with Gasteiger partial charge >= 0.3 is 0 Å². The molecule has 7 heteroatoms. The third kappa shape index (κ3) is 9.29. The first kappa shape index (κ1) is 32.9. The van der Waals surface area contributed by atoms with Crippen molar-refractivity contribution in [2.24, 2.45) is 0 Å². The molecule has 0 aliphatic carbocycles. The highest BCUT2D eigenvalue weighted by Gasteiger charge is 2.39. The highest BCUT2D eigenvalue weighted by molar-refractivity contribution is 6.30. The summed E-state index contributed by atoms with van der Waals surface area (Å²) in [5, 5.41) is 7.63. The number of piperidine rings is 1. The molecule has 2 atom stereocenters. The van der Waals surface area contributed by atoms with Crippen LogP contribution < -0.4 is 10.6 Å². The van der Waals surface area contributed by atoms with Gasteiger partial charge in [0.15, 0.2) is 0 Å². The van der Waals surface area contributed by atoms with Gasteiger partial charge in [-0.05, 0) is 87.5 Å². The standard InChI is InChI=1S/C38H47ClN4O2/c1-38(2,41-36(44)21-18-29-16-19-32(39)20-17-29)35-23-27-43(37(45)34(40-35)22-26-42-24-10-5-11-25-42)28-33(30-12-6-3-7-13-30)31-14-8-4-9-15-31/h3-4,6-9,12-21,33-35,40H,5,10-11,22-28H2,1-2H3,(H,41,44)/b21-18+. The van der Waals surface area contributed by atoms with Crippen LogP contribution >= 0.6 is 11.6 Å². The lowest BCUT2D eigenvalue weighted by atomic mass is 9.90. The Labute approximate surface area is 273 Å². The second-order valence-electron chi connectivity index (χ2n) is 13.0. The zero-order valence-electron chi connectivity index (χ0n) is 26.6. The number of nitrogens with one attached hydrogen (secondary N) is 2. The number of rotatable bonds is 11. The molecule has 2 N–H and O–H groups in total. The Kier molecular flexibility index (Phi) is 11.5. The molecule has 45 heavy (non-hydrogen) atoms. The zero-order chi connectivity index (χ0) is 31.6. The van der Waals surface area contributed by atoms with E-state index in [1.165, 1.54) is 30.4 Å². The molecule has 5 rings (SSSR count). The van der Waals surface area contributed by atoms with Gasteiger partial charge in [0.1, 0.15) is 0 Å². The number of carbonyl (C=O) groups is 2. The van der Waals surface area contributed by atoms with Crippen molar-refractivity contribution in [3.63, 3.8) is 0 Å². The third-order valence-electron chi connectivity index (χ3n) is 9.30. The molecule has 2 aliphatic rings. The quantitative estimate of drug-likeness (QED) is 0.238. The topological polar surface area (TPSA) is 64.7 Å². The van der Waals surface area contributed by atoms with Crippen LogP contribution in [0.2, 0.25) is 5.02 Å². The molecule has 0 radical (unpaired) electrons. The van der Waals surface area contributed by atoms with Gasteiger partial charge in [-0.1, -0.05) is 90.8 Å². The van der Waals surface area contributed by atoms with Crippen LogP contribution in [-0.2, 0) is 9.59 Å². The van der Waals surface area contributed by atoms with Gasteiger partial charge in [-0.3, -0.25) is 9.59 Å². The molecule has 238 valence electrons. The fourth-order valence-electron chi connectivity index (χ4n) is 6.65. The monoisotopic (exact) mass is 626 g/mol. The predicted octanol–water partition coefficient (Wildman–Crippen LogP) is 6.52. The Morgan fingerprint density at radius 2 is 1.56 bits per heavy atom. The van der Waals surface area contributed by atoms with E-state index in [2.05, 4.69) is 82.8 Å². The molecule has 2 aliphatic heterocycles. The summed E-state index contributed by atoms with van der Waals surface area (Å²) < 4.78 is 0. The first-order valence-corrected chi connectivity index (χ1v) is 16.8. The van der Waals surface area contributed by atoms with E-state index in [0.717, 1.165) is 38.0 Å². The Morgan fingerprint density at radius 3 is 2.18 bits per heavy atom. The number of benzene rings is 3. The lowest BCUT2D eigenvalue weighted by Gasteiger charge is -2.36. The predicted molar refractivity (Wildman–Crippen MR) is 184 cm³/mol. The molecule has 0 aromatic heterocycles. The molecule has 6 nitrogen and oxygen atoms in total. The van der Waals surface area contributed by atoms with Crippen molar-refractivity contribution in [3.8, 4) is 0 Å². The second kappa shape index (κ2) is 15.7. The highest BCUT2D eigenvalue weighted by Crippen LogP contribution is 2.28. The zero-order valence-corrected chi connectivity index (χ0v) is 27.4. The van der Waals surface area contributed by atoms with E-state index < -0.39 is 5.54 Å². The lowest BCUT2D eigenvalue weighted by Crippen LogP contribution is -2.60. The molecule has 2 saturated heterocycles. The van der Waals surface area contributed by atoms with Gasteiger partial charge < -0.3 is 20.4 Å². The second-order valence-corrected chi connectivity index (χ2v) is 13.4. The molecular formula is C38H47ClN4O2. The van der Waals surface area contributed by atoms with Gasteiger partial charge in [-0.2, -0.15) is 0 Å². The van der Waals surface area contributed by atoms with Gasteiger partial charge in [0.25, 0.3) is 0 Å². The third-order valence-corrected chi connectivity index (χ3v) is 9.56. The molecular weight excluding hydrogens is 580 g/mol. The van der Waals surface area contributed by atoms with Crippen LogP contribution in [0.1, 0.15) is 68.6 Å². The minimum atomic E-state index is -0.584. The smallest absolute Gasteiger partial charge is 0.244 e. The number of halogens is 1. The van der Waals surface area contributed by atoms with Crippen molar-refractivity contribution in [1.29, 1.82) is 0 Å². The van der Waals surface area contributed by atoms with Crippen LogP contribution in [0.4, 0.5) is 0 Å². The summed E-state index contributed by atoms with van der Waals surface area (Å²) in [5.41, 5.74) is 2.73. The SMILES string of the molecule is CC(C)(NC(=O)/C=C/c1ccc(Cl)cc1)C1CCN(CC(c2ccccc2)c2ccccc2)C(=O)C(CCN2CCCCC2)N1. The van der Waals surface area contributed by atoms with Crippen LogP contribution in [-0.4, -0.2) is 72.0 Å². The fraction of sp³-hybridized carbons (Fsp3) is 0.421. The molecule has 0 bridgehead atoms. The van der Waals surface area contributed by atoms with Crippen LogP contribution in [0.25, 0.3) is 6.08 Å². The Hall–Kier alpha value is -3.45. The normalized spacial score (nSPS) is 20.0. The molecule has 3 aromatic rings. The maximum absolute atomic E-state index is 14.3. The number of carbonyl (C=O) groups excluding carboxylic acids is 2. The first-order valence-electron chi connectivity index (χ1n) is 16.4. The summed E-state index contributed by atoms with van der Waals surface area (Å²) in [7, 11) is 0.